The zero-order valence-corrected chi connectivity index (χ0v) is 10.3. The number of furan rings is 1. The van der Waals surface area contributed by atoms with Crippen molar-refractivity contribution in [3.8, 4) is 0 Å². The monoisotopic (exact) mass is 272 g/mol. The Hall–Kier alpha value is -0.320. The van der Waals surface area contributed by atoms with Crippen molar-refractivity contribution in [2.45, 2.75) is 44.3 Å². The van der Waals surface area contributed by atoms with Gasteiger partial charge in [-0.05, 0) is 53.7 Å². The zero-order chi connectivity index (χ0) is 10.7. The number of halogens is 1. The minimum Gasteiger partial charge on any atom is -0.453 e. The fraction of sp³-hybridized carbons (Fsp3) is 0.636. The van der Waals surface area contributed by atoms with E-state index in [1.54, 1.807) is 0 Å². The van der Waals surface area contributed by atoms with Crippen LogP contribution in [0.5, 0.6) is 0 Å². The van der Waals surface area contributed by atoms with Crippen LogP contribution in [0.1, 0.15) is 31.4 Å². The maximum atomic E-state index is 5.86. The predicted octanol–water partition coefficient (Wildman–Crippen LogP) is 2.40. The Morgan fingerprint density at radius 1 is 1.33 bits per heavy atom. The average Bonchev–Trinajstić information content (AvgIpc) is 2.64. The summed E-state index contributed by atoms with van der Waals surface area (Å²) in [6.07, 6.45) is 4.64. The van der Waals surface area contributed by atoms with Crippen molar-refractivity contribution in [3.63, 3.8) is 0 Å². The normalized spacial score (nSPS) is 26.8. The van der Waals surface area contributed by atoms with E-state index in [1.165, 1.54) is 12.8 Å². The first-order valence-electron chi connectivity index (χ1n) is 5.47. The second kappa shape index (κ2) is 5.14. The van der Waals surface area contributed by atoms with Gasteiger partial charge in [0.15, 0.2) is 4.67 Å². The summed E-state index contributed by atoms with van der Waals surface area (Å²) in [6.45, 7) is 0.811. The molecule has 1 aromatic heterocycles. The van der Waals surface area contributed by atoms with Gasteiger partial charge in [-0.1, -0.05) is 0 Å². The first-order chi connectivity index (χ1) is 7.24. The van der Waals surface area contributed by atoms with Gasteiger partial charge in [0.25, 0.3) is 0 Å². The summed E-state index contributed by atoms with van der Waals surface area (Å²) in [5.74, 6) is 0.983. The van der Waals surface area contributed by atoms with Gasteiger partial charge in [-0.2, -0.15) is 0 Å². The van der Waals surface area contributed by atoms with Crippen LogP contribution in [0.25, 0.3) is 0 Å². The Balaban J connectivity index is 1.74. The van der Waals surface area contributed by atoms with Crippen molar-refractivity contribution in [1.29, 1.82) is 0 Å². The van der Waals surface area contributed by atoms with Crippen LogP contribution >= 0.6 is 15.9 Å². The molecule has 0 aromatic carbocycles. The molecule has 1 fully saturated rings. The lowest BCUT2D eigenvalue weighted by atomic mass is 9.92. The van der Waals surface area contributed by atoms with Gasteiger partial charge in [-0.15, -0.1) is 0 Å². The van der Waals surface area contributed by atoms with Crippen LogP contribution < -0.4 is 11.1 Å². The van der Waals surface area contributed by atoms with Crippen molar-refractivity contribution in [3.05, 3.63) is 22.6 Å². The highest BCUT2D eigenvalue weighted by molar-refractivity contribution is 9.10. The van der Waals surface area contributed by atoms with Gasteiger partial charge in [0.2, 0.25) is 0 Å². The number of nitrogens with one attached hydrogen (secondary N) is 1. The van der Waals surface area contributed by atoms with E-state index in [-0.39, 0.29) is 0 Å². The van der Waals surface area contributed by atoms with Gasteiger partial charge in [-0.3, -0.25) is 0 Å². The van der Waals surface area contributed by atoms with Crippen LogP contribution in [0.15, 0.2) is 21.2 Å². The van der Waals surface area contributed by atoms with E-state index in [4.69, 9.17) is 10.2 Å². The van der Waals surface area contributed by atoms with Crippen molar-refractivity contribution in [2.75, 3.05) is 0 Å². The summed E-state index contributed by atoms with van der Waals surface area (Å²) in [6, 6.07) is 4.94. The quantitative estimate of drug-likeness (QED) is 0.889. The third-order valence-electron chi connectivity index (χ3n) is 2.97. The van der Waals surface area contributed by atoms with Crippen LogP contribution in [-0.2, 0) is 6.54 Å². The summed E-state index contributed by atoms with van der Waals surface area (Å²) < 4.78 is 6.22. The van der Waals surface area contributed by atoms with E-state index in [0.29, 0.717) is 12.1 Å². The maximum Gasteiger partial charge on any atom is 0.169 e. The smallest absolute Gasteiger partial charge is 0.169 e. The van der Waals surface area contributed by atoms with E-state index >= 15 is 0 Å². The van der Waals surface area contributed by atoms with Gasteiger partial charge >= 0.3 is 0 Å². The standard InChI is InChI=1S/C11H17BrN2O/c12-11-6-5-10(15-11)7-14-9-3-1-8(13)2-4-9/h5-6,8-9,14H,1-4,7,13H2. The fourth-order valence-electron chi connectivity index (χ4n) is 2.02. The minimum atomic E-state index is 0.417. The Labute approximate surface area is 98.5 Å². The molecular formula is C11H17BrN2O. The molecule has 0 aliphatic heterocycles. The molecule has 1 aliphatic rings. The summed E-state index contributed by atoms with van der Waals surface area (Å²) >= 11 is 3.30. The van der Waals surface area contributed by atoms with Gasteiger partial charge in [0.05, 0.1) is 6.54 Å². The lowest BCUT2D eigenvalue weighted by Gasteiger charge is -2.26. The molecule has 0 atom stereocenters. The van der Waals surface area contributed by atoms with Crippen molar-refractivity contribution in [1.82, 2.24) is 5.32 Å². The van der Waals surface area contributed by atoms with Gasteiger partial charge in [-0.25, -0.2) is 0 Å². The summed E-state index contributed by atoms with van der Waals surface area (Å²) in [5, 5.41) is 3.50. The number of nitrogens with two attached hydrogens (primary N) is 1. The molecule has 0 bridgehead atoms. The van der Waals surface area contributed by atoms with Crippen molar-refractivity contribution >= 4 is 15.9 Å². The summed E-state index contributed by atoms with van der Waals surface area (Å²) in [7, 11) is 0. The summed E-state index contributed by atoms with van der Waals surface area (Å²) in [5.41, 5.74) is 5.86. The molecule has 3 nitrogen and oxygen atoms in total. The Kier molecular flexibility index (Phi) is 3.83. The lowest BCUT2D eigenvalue weighted by Crippen LogP contribution is -2.36. The van der Waals surface area contributed by atoms with E-state index in [0.717, 1.165) is 29.8 Å². The van der Waals surface area contributed by atoms with Crippen LogP contribution in [-0.4, -0.2) is 12.1 Å². The molecule has 1 saturated carbocycles. The largest absolute Gasteiger partial charge is 0.453 e. The Morgan fingerprint density at radius 2 is 2.07 bits per heavy atom. The van der Waals surface area contributed by atoms with E-state index in [1.807, 2.05) is 12.1 Å². The zero-order valence-electron chi connectivity index (χ0n) is 8.71. The fourth-order valence-corrected chi connectivity index (χ4v) is 2.36. The molecule has 1 aliphatic carbocycles. The minimum absolute atomic E-state index is 0.417. The molecule has 15 heavy (non-hydrogen) atoms. The molecule has 0 unspecified atom stereocenters. The second-order valence-corrected chi connectivity index (χ2v) is 4.98. The maximum absolute atomic E-state index is 5.86. The molecule has 0 amide bonds. The highest BCUT2D eigenvalue weighted by atomic mass is 79.9. The van der Waals surface area contributed by atoms with Crippen molar-refractivity contribution in [2.24, 2.45) is 5.73 Å². The SMILES string of the molecule is NC1CCC(NCc2ccc(Br)o2)CC1. The topological polar surface area (TPSA) is 51.2 Å². The van der Waals surface area contributed by atoms with Crippen LogP contribution in [0.4, 0.5) is 0 Å². The first kappa shape index (κ1) is 11.2. The lowest BCUT2D eigenvalue weighted by molar-refractivity contribution is 0.330. The Morgan fingerprint density at radius 3 is 2.67 bits per heavy atom. The number of hydrogen-bond acceptors (Lipinski definition) is 3. The molecule has 84 valence electrons. The molecule has 1 aromatic rings. The molecule has 0 saturated heterocycles. The molecule has 3 N–H and O–H groups in total. The van der Waals surface area contributed by atoms with Crippen LogP contribution in [0.2, 0.25) is 0 Å². The number of hydrogen-bond donors (Lipinski definition) is 2. The van der Waals surface area contributed by atoms with Crippen molar-refractivity contribution < 1.29 is 4.42 Å². The third kappa shape index (κ3) is 3.33. The molecule has 2 rings (SSSR count). The van der Waals surface area contributed by atoms with Crippen LogP contribution in [0, 0.1) is 0 Å². The highest BCUT2D eigenvalue weighted by Crippen LogP contribution is 2.18. The average molecular weight is 273 g/mol. The molecule has 0 radical (unpaired) electrons. The molecular weight excluding hydrogens is 256 g/mol. The molecule has 1 heterocycles. The predicted molar refractivity (Wildman–Crippen MR) is 63.5 cm³/mol. The van der Waals surface area contributed by atoms with Gasteiger partial charge in [0, 0.05) is 12.1 Å². The van der Waals surface area contributed by atoms with Gasteiger partial charge in [0.1, 0.15) is 5.76 Å². The molecule has 0 spiro atoms. The first-order valence-corrected chi connectivity index (χ1v) is 6.26. The third-order valence-corrected chi connectivity index (χ3v) is 3.39. The second-order valence-electron chi connectivity index (χ2n) is 4.20. The van der Waals surface area contributed by atoms with E-state index < -0.39 is 0 Å². The Bertz CT molecular complexity index is 305. The van der Waals surface area contributed by atoms with Gasteiger partial charge < -0.3 is 15.5 Å². The van der Waals surface area contributed by atoms with E-state index in [9.17, 15) is 0 Å². The molecule has 4 heteroatoms. The van der Waals surface area contributed by atoms with E-state index in [2.05, 4.69) is 21.2 Å². The van der Waals surface area contributed by atoms with Crippen LogP contribution in [0.3, 0.4) is 0 Å². The number of rotatable bonds is 3. The summed E-state index contributed by atoms with van der Waals surface area (Å²) in [4.78, 5) is 0. The highest BCUT2D eigenvalue weighted by Gasteiger charge is 2.17.